The topological polar surface area (TPSA) is 63.3 Å². The first-order valence-electron chi connectivity index (χ1n) is 3.56. The lowest BCUT2D eigenvalue weighted by Gasteiger charge is -2.03. The number of hydrogen-bond donors (Lipinski definition) is 2. The van der Waals surface area contributed by atoms with Gasteiger partial charge >= 0.3 is 0 Å². The monoisotopic (exact) mass is 164 g/mol. The Morgan fingerprint density at radius 2 is 2.25 bits per heavy atom. The Labute approximate surface area is 70.8 Å². The highest BCUT2D eigenvalue weighted by Crippen LogP contribution is 2.16. The summed E-state index contributed by atoms with van der Waals surface area (Å²) in [7, 11) is 0. The van der Waals surface area contributed by atoms with Gasteiger partial charge in [0, 0.05) is 5.56 Å². The number of aromatic hydroxyl groups is 1. The highest BCUT2D eigenvalue weighted by Gasteiger charge is 2.06. The van der Waals surface area contributed by atoms with E-state index in [4.69, 9.17) is 10.8 Å². The number of carbonyl (C=O) groups is 1. The van der Waals surface area contributed by atoms with Gasteiger partial charge in [-0.2, -0.15) is 0 Å². The summed E-state index contributed by atoms with van der Waals surface area (Å²) < 4.78 is 0. The van der Waals surface area contributed by atoms with Crippen LogP contribution in [0.5, 0.6) is 5.75 Å². The van der Waals surface area contributed by atoms with Gasteiger partial charge in [-0.15, -0.1) is 0 Å². The van der Waals surface area contributed by atoms with E-state index in [1.807, 2.05) is 0 Å². The summed E-state index contributed by atoms with van der Waals surface area (Å²) in [6.45, 7) is 3.64. The van der Waals surface area contributed by atoms with Gasteiger partial charge in [-0.1, -0.05) is 6.07 Å². The second-order valence-electron chi connectivity index (χ2n) is 2.46. The minimum absolute atomic E-state index is 0.0426. The molecule has 0 spiro atoms. The van der Waals surface area contributed by atoms with Crippen molar-refractivity contribution in [1.82, 2.24) is 0 Å². The molecular weight excluding hydrogens is 154 g/mol. The Kier molecular flexibility index (Phi) is 2.33. The Bertz CT molecular complexity index is 307. The maximum absolute atomic E-state index is 10.8. The van der Waals surface area contributed by atoms with E-state index in [2.05, 4.69) is 6.92 Å². The summed E-state index contributed by atoms with van der Waals surface area (Å²) >= 11 is 0. The normalized spacial score (nSPS) is 9.75. The van der Waals surface area contributed by atoms with Gasteiger partial charge in [-0.3, -0.25) is 4.79 Å². The van der Waals surface area contributed by atoms with Crippen LogP contribution in [0, 0.1) is 6.92 Å². The van der Waals surface area contributed by atoms with Gasteiger partial charge in [0.15, 0.2) is 0 Å². The fraction of sp³-hybridized carbons (Fsp3) is 0.111. The zero-order valence-electron chi connectivity index (χ0n) is 6.58. The molecule has 0 heterocycles. The fourth-order valence-corrected chi connectivity index (χ4v) is 1.01. The Hall–Kier alpha value is -1.51. The Morgan fingerprint density at radius 3 is 2.75 bits per heavy atom. The first-order chi connectivity index (χ1) is 5.65. The van der Waals surface area contributed by atoms with E-state index in [0.717, 1.165) is 5.56 Å². The van der Waals surface area contributed by atoms with Crippen molar-refractivity contribution < 1.29 is 9.90 Å². The van der Waals surface area contributed by atoms with Gasteiger partial charge in [-0.05, 0) is 31.0 Å². The quantitative estimate of drug-likeness (QED) is 0.681. The predicted octanol–water partition coefficient (Wildman–Crippen LogP) is 0.868. The molecule has 0 bridgehead atoms. The molecular formula is C9H10NO2. The Balaban J connectivity index is 3.21. The number of hydrogen-bond acceptors (Lipinski definition) is 2. The van der Waals surface area contributed by atoms with E-state index >= 15 is 0 Å². The second kappa shape index (κ2) is 3.26. The van der Waals surface area contributed by atoms with Crippen molar-refractivity contribution in [2.45, 2.75) is 6.42 Å². The highest BCUT2D eigenvalue weighted by molar-refractivity contribution is 5.94. The summed E-state index contributed by atoms with van der Waals surface area (Å²) in [5.41, 5.74) is 6.17. The van der Waals surface area contributed by atoms with Gasteiger partial charge in [-0.25, -0.2) is 0 Å². The van der Waals surface area contributed by atoms with Crippen molar-refractivity contribution in [1.29, 1.82) is 0 Å². The third-order valence-corrected chi connectivity index (χ3v) is 1.63. The van der Waals surface area contributed by atoms with Gasteiger partial charge < -0.3 is 10.8 Å². The minimum atomic E-state index is -0.537. The van der Waals surface area contributed by atoms with Crippen LogP contribution in [-0.2, 0) is 6.42 Å². The molecule has 63 valence electrons. The van der Waals surface area contributed by atoms with E-state index in [0.29, 0.717) is 12.0 Å². The molecule has 0 aromatic heterocycles. The first-order valence-corrected chi connectivity index (χ1v) is 3.56. The molecule has 1 aromatic carbocycles. The molecule has 0 aliphatic heterocycles. The van der Waals surface area contributed by atoms with E-state index in [9.17, 15) is 4.79 Å². The van der Waals surface area contributed by atoms with Crippen LogP contribution < -0.4 is 5.73 Å². The summed E-state index contributed by atoms with van der Waals surface area (Å²) in [4.78, 5) is 10.8. The van der Waals surface area contributed by atoms with Crippen molar-refractivity contribution in [2.75, 3.05) is 0 Å². The lowest BCUT2D eigenvalue weighted by Crippen LogP contribution is -2.13. The third kappa shape index (κ3) is 1.56. The van der Waals surface area contributed by atoms with E-state index in [-0.39, 0.29) is 5.75 Å². The van der Waals surface area contributed by atoms with Crippen LogP contribution in [0.2, 0.25) is 0 Å². The van der Waals surface area contributed by atoms with Crippen LogP contribution in [0.3, 0.4) is 0 Å². The van der Waals surface area contributed by atoms with Crippen molar-refractivity contribution in [2.24, 2.45) is 5.73 Å². The summed E-state index contributed by atoms with van der Waals surface area (Å²) in [5.74, 6) is -0.495. The largest absolute Gasteiger partial charge is 0.508 e. The van der Waals surface area contributed by atoms with Crippen LogP contribution in [0.1, 0.15) is 15.9 Å². The summed E-state index contributed by atoms with van der Waals surface area (Å²) in [5, 5.41) is 9.05. The van der Waals surface area contributed by atoms with E-state index < -0.39 is 5.91 Å². The third-order valence-electron chi connectivity index (χ3n) is 1.63. The zero-order valence-corrected chi connectivity index (χ0v) is 6.58. The number of amides is 1. The maximum Gasteiger partial charge on any atom is 0.249 e. The van der Waals surface area contributed by atoms with Crippen molar-refractivity contribution in [3.05, 3.63) is 36.2 Å². The minimum Gasteiger partial charge on any atom is -0.508 e. The van der Waals surface area contributed by atoms with Crippen molar-refractivity contribution in [3.63, 3.8) is 0 Å². The molecule has 1 amide bonds. The average Bonchev–Trinajstić information content (AvgIpc) is 2.04. The lowest BCUT2D eigenvalue weighted by molar-refractivity contribution is 0.0999. The van der Waals surface area contributed by atoms with Gasteiger partial charge in [0.2, 0.25) is 5.91 Å². The molecule has 3 heteroatoms. The summed E-state index contributed by atoms with van der Waals surface area (Å²) in [6, 6.07) is 4.50. The van der Waals surface area contributed by atoms with Gasteiger partial charge in [0.05, 0.1) is 0 Å². The smallest absolute Gasteiger partial charge is 0.249 e. The number of primary amides is 1. The molecule has 0 aliphatic rings. The number of benzene rings is 1. The van der Waals surface area contributed by atoms with Gasteiger partial charge in [0.25, 0.3) is 0 Å². The molecule has 1 aromatic rings. The van der Waals surface area contributed by atoms with Crippen molar-refractivity contribution in [3.8, 4) is 5.75 Å². The number of phenolic OH excluding ortho intramolecular Hbond substituents is 1. The molecule has 3 nitrogen and oxygen atoms in total. The van der Waals surface area contributed by atoms with Crippen LogP contribution in [0.15, 0.2) is 18.2 Å². The molecule has 0 aliphatic carbocycles. The van der Waals surface area contributed by atoms with Crippen molar-refractivity contribution >= 4 is 5.91 Å². The molecule has 0 saturated heterocycles. The number of carbonyl (C=O) groups excluding carboxylic acids is 1. The molecule has 0 atom stereocenters. The first kappa shape index (κ1) is 8.59. The maximum atomic E-state index is 10.8. The van der Waals surface area contributed by atoms with Crippen LogP contribution >= 0.6 is 0 Å². The number of nitrogens with two attached hydrogens (primary N) is 1. The van der Waals surface area contributed by atoms with Gasteiger partial charge in [0.1, 0.15) is 5.75 Å². The van der Waals surface area contributed by atoms with Crippen LogP contribution in [-0.4, -0.2) is 11.0 Å². The second-order valence-corrected chi connectivity index (χ2v) is 2.46. The molecule has 0 saturated carbocycles. The molecule has 1 rings (SSSR count). The van der Waals surface area contributed by atoms with E-state index in [1.54, 1.807) is 6.07 Å². The average molecular weight is 164 g/mol. The number of rotatable bonds is 2. The van der Waals surface area contributed by atoms with Crippen LogP contribution in [0.25, 0.3) is 0 Å². The molecule has 0 fully saturated rings. The lowest BCUT2D eigenvalue weighted by atomic mass is 10.0. The zero-order chi connectivity index (χ0) is 9.14. The Morgan fingerprint density at radius 1 is 1.58 bits per heavy atom. The fourth-order valence-electron chi connectivity index (χ4n) is 1.01. The summed E-state index contributed by atoms with van der Waals surface area (Å²) in [6.07, 6.45) is 0.485. The number of phenols is 1. The SMILES string of the molecule is [CH2]Cc1ccc(O)cc1C(N)=O. The van der Waals surface area contributed by atoms with Crippen LogP contribution in [0.4, 0.5) is 0 Å². The predicted molar refractivity (Wildman–Crippen MR) is 45.7 cm³/mol. The molecule has 12 heavy (non-hydrogen) atoms. The highest BCUT2D eigenvalue weighted by atomic mass is 16.3. The molecule has 1 radical (unpaired) electrons. The van der Waals surface area contributed by atoms with E-state index in [1.165, 1.54) is 12.1 Å². The molecule has 0 unspecified atom stereocenters. The molecule has 3 N–H and O–H groups in total. The standard InChI is InChI=1S/C9H10NO2/c1-2-6-3-4-7(11)5-8(6)9(10)12/h3-5,11H,1-2H2,(H2,10,12).